The Balaban J connectivity index is 3.52. The maximum atomic E-state index is 10.1. The topological polar surface area (TPSA) is 26.3 Å². The van der Waals surface area contributed by atoms with E-state index in [0.29, 0.717) is 6.42 Å². The zero-order valence-electron chi connectivity index (χ0n) is 4.40. The van der Waals surface area contributed by atoms with Crippen molar-refractivity contribution in [2.24, 2.45) is 0 Å². The van der Waals surface area contributed by atoms with E-state index >= 15 is 0 Å². The number of hydrogen-bond acceptors (Lipinski definition) is 2. The molecule has 0 saturated heterocycles. The minimum Gasteiger partial charge on any atom is -0.374 e. The number of halogens is 1. The second-order valence-electron chi connectivity index (χ2n) is 1.02. The van der Waals surface area contributed by atoms with Crippen LogP contribution in [-0.2, 0) is 8.62 Å². The van der Waals surface area contributed by atoms with Gasteiger partial charge in [0.15, 0.2) is 16.3 Å². The molecule has 0 bridgehead atoms. The molecule has 0 aromatic heterocycles. The van der Waals surface area contributed by atoms with Crippen molar-refractivity contribution < 1.29 is 8.62 Å². The molecule has 0 amide bonds. The van der Waals surface area contributed by atoms with Crippen LogP contribution in [0.1, 0.15) is 13.3 Å². The highest BCUT2D eigenvalue weighted by Gasteiger charge is 1.87. The summed E-state index contributed by atoms with van der Waals surface area (Å²) in [5.41, 5.74) is 0. The zero-order chi connectivity index (χ0) is 6.41. The van der Waals surface area contributed by atoms with E-state index in [0.717, 1.165) is 0 Å². The van der Waals surface area contributed by atoms with Crippen LogP contribution in [0, 0.1) is 11.8 Å². The molecule has 0 aliphatic heterocycles. The molecule has 0 saturated carbocycles. The lowest BCUT2D eigenvalue weighted by Crippen LogP contribution is -1.88. The first-order valence-electron chi connectivity index (χ1n) is 2.12. The third-order valence-electron chi connectivity index (χ3n) is 0.437. The van der Waals surface area contributed by atoms with Crippen molar-refractivity contribution in [2.45, 2.75) is 13.3 Å². The van der Waals surface area contributed by atoms with Gasteiger partial charge < -0.3 is 3.83 Å². The Kier molecular flexibility index (Phi) is 4.38. The van der Waals surface area contributed by atoms with Gasteiger partial charge in [-0.15, -0.1) is 0 Å². The lowest BCUT2D eigenvalue weighted by atomic mass is 10.5. The largest absolute Gasteiger partial charge is 0.395 e. The van der Waals surface area contributed by atoms with Crippen LogP contribution in [0.4, 0.5) is 0 Å². The fraction of sp³-hybridized carbons (Fsp3) is 0.400. The predicted octanol–water partition coefficient (Wildman–Crippen LogP) is 1.25. The van der Waals surface area contributed by atoms with Gasteiger partial charge in [-0.3, -0.25) is 0 Å². The van der Waals surface area contributed by atoms with Gasteiger partial charge in [-0.2, -0.15) is 0 Å². The summed E-state index contributed by atoms with van der Waals surface area (Å²) in [5, 5.41) is 0. The van der Waals surface area contributed by atoms with Crippen LogP contribution in [0.5, 0.6) is 0 Å². The molecule has 8 heavy (non-hydrogen) atoms. The van der Waals surface area contributed by atoms with Gasteiger partial charge in [0.1, 0.15) is 0 Å². The van der Waals surface area contributed by atoms with Gasteiger partial charge in [0, 0.05) is 12.3 Å². The summed E-state index contributed by atoms with van der Waals surface area (Å²) in [6.07, 6.45) is 0.669. The molecule has 0 aliphatic carbocycles. The summed E-state index contributed by atoms with van der Waals surface area (Å²) < 4.78 is 4.05. The molecular formula is C5H5BrO2. The highest BCUT2D eigenvalue weighted by atomic mass is 79.9. The Labute approximate surface area is 56.7 Å². The molecule has 0 aliphatic rings. The van der Waals surface area contributed by atoms with Crippen molar-refractivity contribution in [3.63, 3.8) is 0 Å². The summed E-state index contributed by atoms with van der Waals surface area (Å²) in [7, 11) is 0. The quantitative estimate of drug-likeness (QED) is 0.520. The Hall–Kier alpha value is -0.490. The van der Waals surface area contributed by atoms with E-state index in [-0.39, 0.29) is 0 Å². The SMILES string of the molecule is CCC#CC(=O)OBr. The van der Waals surface area contributed by atoms with Crippen molar-refractivity contribution in [2.75, 3.05) is 0 Å². The molecule has 44 valence electrons. The van der Waals surface area contributed by atoms with Gasteiger partial charge >= 0.3 is 5.97 Å². The first-order chi connectivity index (χ1) is 3.81. The summed E-state index contributed by atoms with van der Waals surface area (Å²) in [6, 6.07) is 0. The van der Waals surface area contributed by atoms with Gasteiger partial charge in [-0.25, -0.2) is 4.79 Å². The minimum atomic E-state index is -0.549. The molecular weight excluding hydrogens is 172 g/mol. The second kappa shape index (κ2) is 4.66. The lowest BCUT2D eigenvalue weighted by molar-refractivity contribution is -0.126. The molecule has 0 N–H and O–H groups in total. The van der Waals surface area contributed by atoms with E-state index in [2.05, 4.69) is 31.9 Å². The van der Waals surface area contributed by atoms with Crippen LogP contribution in [0.15, 0.2) is 0 Å². The molecule has 0 rings (SSSR count). The average molecular weight is 177 g/mol. The summed E-state index contributed by atoms with van der Waals surface area (Å²) in [6.45, 7) is 1.86. The molecule has 0 fully saturated rings. The molecule has 0 radical (unpaired) electrons. The molecule has 0 aromatic rings. The maximum absolute atomic E-state index is 10.1. The van der Waals surface area contributed by atoms with Crippen LogP contribution in [-0.4, -0.2) is 5.97 Å². The van der Waals surface area contributed by atoms with Crippen molar-refractivity contribution in [1.29, 1.82) is 0 Å². The van der Waals surface area contributed by atoms with E-state index in [9.17, 15) is 4.79 Å². The normalized spacial score (nSPS) is 6.75. The first kappa shape index (κ1) is 7.51. The molecule has 0 unspecified atom stereocenters. The highest BCUT2D eigenvalue weighted by Crippen LogP contribution is 1.83. The smallest absolute Gasteiger partial charge is 0.374 e. The van der Waals surface area contributed by atoms with Gasteiger partial charge in [-0.1, -0.05) is 12.8 Å². The molecule has 0 heterocycles. The Morgan fingerprint density at radius 2 is 2.50 bits per heavy atom. The van der Waals surface area contributed by atoms with E-state index in [4.69, 9.17) is 0 Å². The fourth-order valence-corrected chi connectivity index (χ4v) is 0.261. The Bertz CT molecular complexity index is 131. The fourth-order valence-electron chi connectivity index (χ4n) is 0.180. The molecule has 0 spiro atoms. The third-order valence-corrected chi connectivity index (χ3v) is 0.731. The lowest BCUT2D eigenvalue weighted by Gasteiger charge is -1.77. The van der Waals surface area contributed by atoms with Crippen LogP contribution in [0.3, 0.4) is 0 Å². The van der Waals surface area contributed by atoms with Gasteiger partial charge in [0.05, 0.1) is 0 Å². The van der Waals surface area contributed by atoms with Gasteiger partial charge in [-0.05, 0) is 0 Å². The summed E-state index contributed by atoms with van der Waals surface area (Å²) >= 11 is 2.49. The molecule has 2 nitrogen and oxygen atoms in total. The average Bonchev–Trinajstić information content (AvgIpc) is 1.83. The number of hydrogen-bond donors (Lipinski definition) is 0. The van der Waals surface area contributed by atoms with Crippen LogP contribution in [0.2, 0.25) is 0 Å². The highest BCUT2D eigenvalue weighted by molar-refractivity contribution is 9.06. The standard InChI is InChI=1S/C5H5BrO2/c1-2-3-4-5(7)8-6/h2H2,1H3. The molecule has 0 aromatic carbocycles. The van der Waals surface area contributed by atoms with Crippen LogP contribution >= 0.6 is 16.3 Å². The number of carbonyl (C=O) groups is 1. The van der Waals surface area contributed by atoms with Crippen molar-refractivity contribution in [1.82, 2.24) is 0 Å². The minimum absolute atomic E-state index is 0.549. The predicted molar refractivity (Wildman–Crippen MR) is 33.1 cm³/mol. The zero-order valence-corrected chi connectivity index (χ0v) is 5.99. The summed E-state index contributed by atoms with van der Waals surface area (Å²) in [5.74, 6) is 4.22. The third kappa shape index (κ3) is 3.69. The number of carbonyl (C=O) groups excluding carboxylic acids is 1. The number of rotatable bonds is 0. The van der Waals surface area contributed by atoms with E-state index in [1.807, 2.05) is 6.92 Å². The van der Waals surface area contributed by atoms with Crippen molar-refractivity contribution >= 4 is 22.2 Å². The van der Waals surface area contributed by atoms with Crippen LogP contribution < -0.4 is 0 Å². The van der Waals surface area contributed by atoms with Crippen LogP contribution in [0.25, 0.3) is 0 Å². The van der Waals surface area contributed by atoms with E-state index in [1.165, 1.54) is 0 Å². The Morgan fingerprint density at radius 1 is 1.88 bits per heavy atom. The van der Waals surface area contributed by atoms with Crippen molar-refractivity contribution in [3.05, 3.63) is 0 Å². The van der Waals surface area contributed by atoms with E-state index < -0.39 is 5.97 Å². The van der Waals surface area contributed by atoms with Gasteiger partial charge in [0.25, 0.3) is 0 Å². The van der Waals surface area contributed by atoms with Gasteiger partial charge in [0.2, 0.25) is 0 Å². The van der Waals surface area contributed by atoms with Crippen molar-refractivity contribution in [3.8, 4) is 11.8 Å². The molecule has 0 atom stereocenters. The molecule has 3 heteroatoms. The Morgan fingerprint density at radius 3 is 2.88 bits per heavy atom. The first-order valence-corrected chi connectivity index (χ1v) is 2.77. The maximum Gasteiger partial charge on any atom is 0.395 e. The monoisotopic (exact) mass is 176 g/mol. The second-order valence-corrected chi connectivity index (χ2v) is 1.34. The summed E-state index contributed by atoms with van der Waals surface area (Å²) in [4.78, 5) is 10.1. The van der Waals surface area contributed by atoms with E-state index in [1.54, 1.807) is 0 Å².